The van der Waals surface area contributed by atoms with Crippen LogP contribution in [0.5, 0.6) is 11.5 Å². The van der Waals surface area contributed by atoms with Crippen LogP contribution in [0.15, 0.2) is 47.0 Å². The number of thioether (sulfide) groups is 1. The number of hydrogen-bond donors (Lipinski definition) is 0. The molecule has 0 aliphatic rings. The van der Waals surface area contributed by atoms with Crippen LogP contribution in [0.4, 0.5) is 0 Å². The van der Waals surface area contributed by atoms with Crippen LogP contribution in [0.3, 0.4) is 0 Å². The molecule has 3 rings (SSSR count). The van der Waals surface area contributed by atoms with Gasteiger partial charge in [-0.15, -0.1) is 11.8 Å². The molecule has 0 amide bonds. The number of ether oxygens (including phenoxy) is 3. The smallest absolute Gasteiger partial charge is 0.316 e. The predicted octanol–water partition coefficient (Wildman–Crippen LogP) is 4.04. The highest BCUT2D eigenvalue weighted by Crippen LogP contribution is 2.31. The van der Waals surface area contributed by atoms with Gasteiger partial charge in [0, 0.05) is 11.3 Å². The third-order valence-electron chi connectivity index (χ3n) is 4.08. The average molecular weight is 414 g/mol. The fraction of sp³-hybridized carbons (Fsp3) is 0.286. The van der Waals surface area contributed by atoms with E-state index < -0.39 is 0 Å². The third-order valence-corrected chi connectivity index (χ3v) is 5.05. The van der Waals surface area contributed by atoms with Crippen molar-refractivity contribution in [2.45, 2.75) is 19.3 Å². The zero-order valence-corrected chi connectivity index (χ0v) is 17.3. The molecule has 0 bridgehead atoms. The quantitative estimate of drug-likeness (QED) is 0.485. The Morgan fingerprint density at radius 1 is 1.07 bits per heavy atom. The fourth-order valence-corrected chi connectivity index (χ4v) is 3.31. The second-order valence-corrected chi connectivity index (χ2v) is 7.21. The number of aromatic nitrogens is 2. The van der Waals surface area contributed by atoms with Gasteiger partial charge in [0.15, 0.2) is 18.1 Å². The number of aryl methyl sites for hydroxylation is 1. The molecule has 3 aromatic rings. The van der Waals surface area contributed by atoms with Crippen LogP contribution in [-0.2, 0) is 21.9 Å². The fourth-order valence-electron chi connectivity index (χ4n) is 2.53. The highest BCUT2D eigenvalue weighted by atomic mass is 32.2. The van der Waals surface area contributed by atoms with E-state index in [0.29, 0.717) is 22.9 Å². The normalized spacial score (nSPS) is 10.6. The van der Waals surface area contributed by atoms with Gasteiger partial charge in [-0.1, -0.05) is 35.0 Å². The summed E-state index contributed by atoms with van der Waals surface area (Å²) in [6.07, 6.45) is 0. The first kappa shape index (κ1) is 20.7. The van der Waals surface area contributed by atoms with Crippen molar-refractivity contribution in [1.82, 2.24) is 10.1 Å². The van der Waals surface area contributed by atoms with E-state index in [2.05, 4.69) is 34.4 Å². The van der Waals surface area contributed by atoms with Crippen molar-refractivity contribution < 1.29 is 23.5 Å². The van der Waals surface area contributed by atoms with E-state index in [9.17, 15) is 4.79 Å². The Labute approximate surface area is 173 Å². The number of benzene rings is 2. The van der Waals surface area contributed by atoms with Gasteiger partial charge in [0.05, 0.1) is 20.0 Å². The van der Waals surface area contributed by atoms with Gasteiger partial charge in [0.1, 0.15) is 0 Å². The maximum atomic E-state index is 11.9. The lowest BCUT2D eigenvalue weighted by Gasteiger charge is -2.07. The highest BCUT2D eigenvalue weighted by Gasteiger charge is 2.13. The van der Waals surface area contributed by atoms with Gasteiger partial charge in [0.25, 0.3) is 5.89 Å². The molecule has 0 saturated heterocycles. The van der Waals surface area contributed by atoms with Crippen LogP contribution in [0.25, 0.3) is 11.4 Å². The lowest BCUT2D eigenvalue weighted by atomic mass is 10.2. The molecule has 0 spiro atoms. The van der Waals surface area contributed by atoms with Gasteiger partial charge in [-0.25, -0.2) is 0 Å². The first-order valence-electron chi connectivity index (χ1n) is 8.93. The Morgan fingerprint density at radius 2 is 1.83 bits per heavy atom. The molecule has 0 radical (unpaired) electrons. The molecule has 7 nitrogen and oxygen atoms in total. The van der Waals surface area contributed by atoms with Gasteiger partial charge < -0.3 is 18.7 Å². The summed E-state index contributed by atoms with van der Waals surface area (Å²) >= 11 is 1.50. The Balaban J connectivity index is 1.48. The molecule has 0 atom stereocenters. The van der Waals surface area contributed by atoms with Crippen LogP contribution in [-0.4, -0.2) is 36.1 Å². The molecule has 8 heteroatoms. The van der Waals surface area contributed by atoms with Gasteiger partial charge in [-0.3, -0.25) is 4.79 Å². The second-order valence-electron chi connectivity index (χ2n) is 6.22. The summed E-state index contributed by atoms with van der Waals surface area (Å²) in [4.78, 5) is 16.2. The largest absolute Gasteiger partial charge is 0.493 e. The van der Waals surface area contributed by atoms with Crippen LogP contribution >= 0.6 is 11.8 Å². The zero-order valence-electron chi connectivity index (χ0n) is 16.5. The average Bonchev–Trinajstić information content (AvgIpc) is 3.22. The molecule has 0 aliphatic carbocycles. The molecule has 0 unspecified atom stereocenters. The third kappa shape index (κ3) is 5.74. The Bertz CT molecular complexity index is 956. The zero-order chi connectivity index (χ0) is 20.6. The lowest BCUT2D eigenvalue weighted by molar-refractivity contribution is -0.142. The first-order valence-corrected chi connectivity index (χ1v) is 10.1. The standard InChI is InChI=1S/C21H22N2O5S/c1-14-4-6-15(7-5-14)12-29-13-20(24)27-11-19-22-21(23-28-19)16-8-9-17(25-2)18(10-16)26-3/h4-10H,11-13H2,1-3H3. The van der Waals surface area contributed by atoms with E-state index in [-0.39, 0.29) is 24.2 Å². The Morgan fingerprint density at radius 3 is 2.55 bits per heavy atom. The molecular weight excluding hydrogens is 392 g/mol. The summed E-state index contributed by atoms with van der Waals surface area (Å²) in [6, 6.07) is 13.5. The molecule has 1 aromatic heterocycles. The molecule has 1 heterocycles. The number of carbonyl (C=O) groups excluding carboxylic acids is 1. The Kier molecular flexibility index (Phi) is 7.13. The van der Waals surface area contributed by atoms with Gasteiger partial charge in [-0.2, -0.15) is 4.98 Å². The first-order chi connectivity index (χ1) is 14.1. The SMILES string of the molecule is COc1ccc(-c2noc(COC(=O)CSCc3ccc(C)cc3)n2)cc1OC. The molecule has 0 fully saturated rings. The minimum Gasteiger partial charge on any atom is -0.493 e. The number of methoxy groups -OCH3 is 2. The molecule has 29 heavy (non-hydrogen) atoms. The van der Waals surface area contributed by atoms with E-state index in [1.807, 2.05) is 6.92 Å². The summed E-state index contributed by atoms with van der Waals surface area (Å²) in [5, 5.41) is 3.93. The van der Waals surface area contributed by atoms with Gasteiger partial charge in [0.2, 0.25) is 5.82 Å². The minimum atomic E-state index is -0.326. The van der Waals surface area contributed by atoms with Crippen molar-refractivity contribution in [3.05, 3.63) is 59.5 Å². The highest BCUT2D eigenvalue weighted by molar-refractivity contribution is 7.99. The topological polar surface area (TPSA) is 83.7 Å². The van der Waals surface area contributed by atoms with E-state index in [1.165, 1.54) is 22.9 Å². The van der Waals surface area contributed by atoms with Crippen molar-refractivity contribution in [2.75, 3.05) is 20.0 Å². The van der Waals surface area contributed by atoms with E-state index >= 15 is 0 Å². The molecule has 152 valence electrons. The molecule has 2 aromatic carbocycles. The van der Waals surface area contributed by atoms with Crippen molar-refractivity contribution in [1.29, 1.82) is 0 Å². The van der Waals surface area contributed by atoms with Crippen molar-refractivity contribution in [3.8, 4) is 22.9 Å². The van der Waals surface area contributed by atoms with Crippen LogP contribution < -0.4 is 9.47 Å². The van der Waals surface area contributed by atoms with Crippen LogP contribution in [0, 0.1) is 6.92 Å². The summed E-state index contributed by atoms with van der Waals surface area (Å²) < 4.78 is 20.9. The summed E-state index contributed by atoms with van der Waals surface area (Å²) in [5.41, 5.74) is 3.09. The van der Waals surface area contributed by atoms with E-state index in [4.69, 9.17) is 18.7 Å². The number of nitrogens with zero attached hydrogens (tertiary/aromatic N) is 2. The maximum absolute atomic E-state index is 11.9. The number of hydrogen-bond acceptors (Lipinski definition) is 8. The molecule has 0 aliphatic heterocycles. The predicted molar refractivity (Wildman–Crippen MR) is 110 cm³/mol. The monoisotopic (exact) mass is 414 g/mol. The second kappa shape index (κ2) is 9.97. The minimum absolute atomic E-state index is 0.0653. The summed E-state index contributed by atoms with van der Waals surface area (Å²) in [5.74, 6) is 2.46. The number of esters is 1. The maximum Gasteiger partial charge on any atom is 0.316 e. The molecule has 0 N–H and O–H groups in total. The van der Waals surface area contributed by atoms with E-state index in [0.717, 1.165) is 5.75 Å². The lowest BCUT2D eigenvalue weighted by Crippen LogP contribution is -2.07. The van der Waals surface area contributed by atoms with E-state index in [1.54, 1.807) is 32.4 Å². The van der Waals surface area contributed by atoms with Crippen molar-refractivity contribution in [2.24, 2.45) is 0 Å². The number of carbonyl (C=O) groups is 1. The van der Waals surface area contributed by atoms with Crippen LogP contribution in [0.1, 0.15) is 17.0 Å². The van der Waals surface area contributed by atoms with Gasteiger partial charge in [-0.05, 0) is 30.7 Å². The molecule has 0 saturated carbocycles. The van der Waals surface area contributed by atoms with Crippen LogP contribution in [0.2, 0.25) is 0 Å². The number of rotatable bonds is 9. The Hall–Kier alpha value is -3.00. The van der Waals surface area contributed by atoms with Crippen molar-refractivity contribution in [3.63, 3.8) is 0 Å². The van der Waals surface area contributed by atoms with Gasteiger partial charge >= 0.3 is 5.97 Å². The summed E-state index contributed by atoms with van der Waals surface area (Å²) in [6.45, 7) is 1.98. The summed E-state index contributed by atoms with van der Waals surface area (Å²) in [7, 11) is 3.12. The van der Waals surface area contributed by atoms with Crippen molar-refractivity contribution >= 4 is 17.7 Å². The molecular formula is C21H22N2O5S.